The van der Waals surface area contributed by atoms with E-state index in [2.05, 4.69) is 10.2 Å². The molecule has 0 bridgehead atoms. The molecule has 0 spiro atoms. The van der Waals surface area contributed by atoms with E-state index in [1.165, 1.54) is 0 Å². The first-order chi connectivity index (χ1) is 13.1. The standard InChI is InChI=1S/C23H22N2O2/c1-4-27-23(26)19-11-9-18(10-12-19)21-13-8-17(3)15-22(21)25-24-20-7-5-6-16(2)14-20/h5-15H,4H2,1-3H3. The van der Waals surface area contributed by atoms with Gasteiger partial charge < -0.3 is 4.74 Å². The van der Waals surface area contributed by atoms with Crippen LogP contribution >= 0.6 is 0 Å². The summed E-state index contributed by atoms with van der Waals surface area (Å²) in [5, 5.41) is 8.86. The molecule has 3 aromatic carbocycles. The maximum absolute atomic E-state index is 11.8. The lowest BCUT2D eigenvalue weighted by molar-refractivity contribution is 0.0526. The quantitative estimate of drug-likeness (QED) is 0.383. The average Bonchev–Trinajstić information content (AvgIpc) is 2.67. The van der Waals surface area contributed by atoms with E-state index in [1.54, 1.807) is 19.1 Å². The predicted molar refractivity (Wildman–Crippen MR) is 108 cm³/mol. The minimum absolute atomic E-state index is 0.313. The van der Waals surface area contributed by atoms with Gasteiger partial charge in [0.2, 0.25) is 0 Å². The zero-order valence-corrected chi connectivity index (χ0v) is 15.8. The molecule has 0 N–H and O–H groups in total. The zero-order valence-electron chi connectivity index (χ0n) is 15.8. The second-order valence-electron chi connectivity index (χ2n) is 6.36. The normalized spacial score (nSPS) is 10.9. The van der Waals surface area contributed by atoms with E-state index in [9.17, 15) is 4.79 Å². The van der Waals surface area contributed by atoms with Gasteiger partial charge in [-0.2, -0.15) is 5.11 Å². The van der Waals surface area contributed by atoms with Crippen molar-refractivity contribution in [3.05, 3.63) is 83.4 Å². The van der Waals surface area contributed by atoms with Gasteiger partial charge >= 0.3 is 5.97 Å². The van der Waals surface area contributed by atoms with E-state index in [1.807, 2.05) is 68.4 Å². The molecule has 0 saturated carbocycles. The van der Waals surface area contributed by atoms with Crippen molar-refractivity contribution in [2.24, 2.45) is 10.2 Å². The third-order valence-electron chi connectivity index (χ3n) is 4.14. The van der Waals surface area contributed by atoms with Crippen LogP contribution in [-0.2, 0) is 4.74 Å². The van der Waals surface area contributed by atoms with Crippen LogP contribution in [0.4, 0.5) is 11.4 Å². The fraction of sp³-hybridized carbons (Fsp3) is 0.174. The van der Waals surface area contributed by atoms with Crippen molar-refractivity contribution < 1.29 is 9.53 Å². The fourth-order valence-electron chi connectivity index (χ4n) is 2.77. The van der Waals surface area contributed by atoms with Crippen LogP contribution in [0.2, 0.25) is 0 Å². The zero-order chi connectivity index (χ0) is 19.2. The van der Waals surface area contributed by atoms with Crippen LogP contribution in [-0.4, -0.2) is 12.6 Å². The van der Waals surface area contributed by atoms with Gasteiger partial charge in [0.25, 0.3) is 0 Å². The van der Waals surface area contributed by atoms with Gasteiger partial charge in [-0.3, -0.25) is 0 Å². The Bertz CT molecular complexity index is 976. The van der Waals surface area contributed by atoms with E-state index in [4.69, 9.17) is 4.74 Å². The number of benzene rings is 3. The number of esters is 1. The SMILES string of the molecule is CCOC(=O)c1ccc(-c2ccc(C)cc2N=Nc2cccc(C)c2)cc1. The van der Waals surface area contributed by atoms with E-state index in [0.717, 1.165) is 33.6 Å². The molecular formula is C23H22N2O2. The van der Waals surface area contributed by atoms with Crippen molar-refractivity contribution in [2.45, 2.75) is 20.8 Å². The predicted octanol–water partition coefficient (Wildman–Crippen LogP) is 6.56. The molecular weight excluding hydrogens is 336 g/mol. The Morgan fingerprint density at radius 1 is 0.889 bits per heavy atom. The molecule has 0 aromatic heterocycles. The van der Waals surface area contributed by atoms with Gasteiger partial charge in [0.05, 0.1) is 23.5 Å². The molecule has 0 saturated heterocycles. The topological polar surface area (TPSA) is 51.0 Å². The lowest BCUT2D eigenvalue weighted by Gasteiger charge is -2.08. The van der Waals surface area contributed by atoms with Crippen LogP contribution in [0.1, 0.15) is 28.4 Å². The first kappa shape index (κ1) is 18.5. The van der Waals surface area contributed by atoms with E-state index in [0.29, 0.717) is 12.2 Å². The van der Waals surface area contributed by atoms with Gasteiger partial charge in [0.15, 0.2) is 0 Å². The molecule has 0 aliphatic heterocycles. The number of aryl methyl sites for hydroxylation is 2. The first-order valence-electron chi connectivity index (χ1n) is 8.93. The molecule has 0 fully saturated rings. The van der Waals surface area contributed by atoms with Gasteiger partial charge in [0, 0.05) is 5.56 Å². The Labute approximate surface area is 159 Å². The smallest absolute Gasteiger partial charge is 0.338 e. The number of carbonyl (C=O) groups is 1. The van der Waals surface area contributed by atoms with Crippen LogP contribution in [0.15, 0.2) is 77.0 Å². The minimum atomic E-state index is -0.313. The number of ether oxygens (including phenoxy) is 1. The van der Waals surface area contributed by atoms with E-state index < -0.39 is 0 Å². The Morgan fingerprint density at radius 3 is 2.33 bits per heavy atom. The summed E-state index contributed by atoms with van der Waals surface area (Å²) in [7, 11) is 0. The third-order valence-corrected chi connectivity index (χ3v) is 4.14. The summed E-state index contributed by atoms with van der Waals surface area (Å²) in [5.74, 6) is -0.313. The van der Waals surface area contributed by atoms with E-state index >= 15 is 0 Å². The largest absolute Gasteiger partial charge is 0.462 e. The molecule has 136 valence electrons. The Kier molecular flexibility index (Phi) is 5.77. The molecule has 4 heteroatoms. The molecule has 3 rings (SSSR count). The molecule has 0 heterocycles. The van der Waals surface area contributed by atoms with Gasteiger partial charge in [-0.1, -0.05) is 36.4 Å². The Hall–Kier alpha value is -3.27. The van der Waals surface area contributed by atoms with Crippen molar-refractivity contribution >= 4 is 17.3 Å². The summed E-state index contributed by atoms with van der Waals surface area (Å²) in [6.07, 6.45) is 0. The Balaban J connectivity index is 1.93. The monoisotopic (exact) mass is 358 g/mol. The first-order valence-corrected chi connectivity index (χ1v) is 8.93. The Morgan fingerprint density at radius 2 is 1.63 bits per heavy atom. The third kappa shape index (κ3) is 4.67. The number of rotatable bonds is 5. The van der Waals surface area contributed by atoms with Gasteiger partial charge in [-0.25, -0.2) is 4.79 Å². The van der Waals surface area contributed by atoms with Crippen molar-refractivity contribution in [2.75, 3.05) is 6.61 Å². The molecule has 0 atom stereocenters. The summed E-state index contributed by atoms with van der Waals surface area (Å²) >= 11 is 0. The highest BCUT2D eigenvalue weighted by Crippen LogP contribution is 2.32. The molecule has 0 unspecified atom stereocenters. The van der Waals surface area contributed by atoms with Crippen LogP contribution < -0.4 is 0 Å². The number of nitrogens with zero attached hydrogens (tertiary/aromatic N) is 2. The molecule has 0 aliphatic rings. The van der Waals surface area contributed by atoms with Crippen molar-refractivity contribution in [3.63, 3.8) is 0 Å². The lowest BCUT2D eigenvalue weighted by Crippen LogP contribution is -2.03. The van der Waals surface area contributed by atoms with Crippen LogP contribution in [0.5, 0.6) is 0 Å². The van der Waals surface area contributed by atoms with Crippen molar-refractivity contribution in [1.29, 1.82) is 0 Å². The number of hydrogen-bond donors (Lipinski definition) is 0. The van der Waals surface area contributed by atoms with Gasteiger partial charge in [0.1, 0.15) is 0 Å². The van der Waals surface area contributed by atoms with Crippen molar-refractivity contribution in [3.8, 4) is 11.1 Å². The van der Waals surface area contributed by atoms with Crippen molar-refractivity contribution in [1.82, 2.24) is 0 Å². The molecule has 0 aliphatic carbocycles. The van der Waals surface area contributed by atoms with Crippen LogP contribution in [0.3, 0.4) is 0 Å². The number of hydrogen-bond acceptors (Lipinski definition) is 4. The van der Waals surface area contributed by atoms with Gasteiger partial charge in [-0.05, 0) is 67.8 Å². The molecule has 27 heavy (non-hydrogen) atoms. The highest BCUT2D eigenvalue weighted by atomic mass is 16.5. The lowest BCUT2D eigenvalue weighted by atomic mass is 10.0. The highest BCUT2D eigenvalue weighted by Gasteiger charge is 2.09. The molecule has 3 aromatic rings. The molecule has 0 amide bonds. The summed E-state index contributed by atoms with van der Waals surface area (Å²) in [6, 6.07) is 21.4. The number of carbonyl (C=O) groups excluding carboxylic acids is 1. The maximum Gasteiger partial charge on any atom is 0.338 e. The van der Waals surface area contributed by atoms with Gasteiger partial charge in [-0.15, -0.1) is 5.11 Å². The summed E-state index contributed by atoms with van der Waals surface area (Å²) in [6.45, 7) is 6.22. The van der Waals surface area contributed by atoms with Crippen LogP contribution in [0.25, 0.3) is 11.1 Å². The summed E-state index contributed by atoms with van der Waals surface area (Å²) in [5.41, 5.74) is 6.34. The second kappa shape index (κ2) is 8.41. The maximum atomic E-state index is 11.8. The van der Waals surface area contributed by atoms with E-state index in [-0.39, 0.29) is 5.97 Å². The fourth-order valence-corrected chi connectivity index (χ4v) is 2.77. The van der Waals surface area contributed by atoms with Crippen LogP contribution in [0, 0.1) is 13.8 Å². The minimum Gasteiger partial charge on any atom is -0.462 e. The summed E-state index contributed by atoms with van der Waals surface area (Å²) in [4.78, 5) is 11.8. The average molecular weight is 358 g/mol. The highest BCUT2D eigenvalue weighted by molar-refractivity contribution is 5.90. The number of azo groups is 1. The molecule has 0 radical (unpaired) electrons. The summed E-state index contributed by atoms with van der Waals surface area (Å²) < 4.78 is 5.04. The molecule has 4 nitrogen and oxygen atoms in total. The second-order valence-corrected chi connectivity index (χ2v) is 6.36.